The highest BCUT2D eigenvalue weighted by molar-refractivity contribution is 5.99. The first kappa shape index (κ1) is 43.6. The maximum Gasteiger partial charge on any atom is 0.322 e. The van der Waals surface area contributed by atoms with Crippen molar-refractivity contribution >= 4 is 41.4 Å². The summed E-state index contributed by atoms with van der Waals surface area (Å²) in [6.45, 7) is 9.75. The molecule has 0 bridgehead atoms. The van der Waals surface area contributed by atoms with E-state index in [2.05, 4.69) is 21.3 Å². The zero-order chi connectivity index (χ0) is 39.3. The highest BCUT2D eigenvalue weighted by atomic mass is 16.7. The second kappa shape index (κ2) is 20.5. The summed E-state index contributed by atoms with van der Waals surface area (Å²) in [5.74, 6) is -4.97. The van der Waals surface area contributed by atoms with Gasteiger partial charge in [-0.3, -0.25) is 24.0 Å². The second-order valence-electron chi connectivity index (χ2n) is 13.2. The summed E-state index contributed by atoms with van der Waals surface area (Å²) >= 11 is 0. The van der Waals surface area contributed by atoms with Crippen molar-refractivity contribution in [1.82, 2.24) is 21.3 Å². The van der Waals surface area contributed by atoms with Crippen molar-refractivity contribution in [1.29, 1.82) is 0 Å². The van der Waals surface area contributed by atoms with Gasteiger partial charge in [-0.25, -0.2) is 4.79 Å². The second-order valence-corrected chi connectivity index (χ2v) is 13.2. The van der Waals surface area contributed by atoms with Gasteiger partial charge >= 0.3 is 18.0 Å². The van der Waals surface area contributed by atoms with Crippen LogP contribution in [-0.4, -0.2) is 118 Å². The molecule has 1 fully saturated rings. The number of aliphatic carboxylic acids is 1. The number of urea groups is 1. The Morgan fingerprint density at radius 2 is 1.60 bits per heavy atom. The van der Waals surface area contributed by atoms with E-state index in [1.807, 2.05) is 33.0 Å². The normalized spacial score (nSPS) is 21.2. The van der Waals surface area contributed by atoms with E-state index in [0.717, 1.165) is 0 Å². The molecule has 1 aromatic rings. The van der Waals surface area contributed by atoms with Crippen LogP contribution in [0.5, 0.6) is 5.75 Å². The van der Waals surface area contributed by atoms with Gasteiger partial charge in [-0.05, 0) is 36.5 Å². The van der Waals surface area contributed by atoms with Gasteiger partial charge < -0.3 is 67.0 Å². The average molecular weight is 741 g/mol. The quantitative estimate of drug-likeness (QED) is 0.0581. The molecule has 19 nitrogen and oxygen atoms in total. The van der Waals surface area contributed by atoms with E-state index >= 15 is 0 Å². The number of carbonyl (C=O) groups is 6. The summed E-state index contributed by atoms with van der Waals surface area (Å²) < 4.78 is 16.6. The number of carbonyl (C=O) groups excluding carboxylic acids is 5. The van der Waals surface area contributed by atoms with Gasteiger partial charge in [-0.2, -0.15) is 0 Å². The SMILES string of the molecule is CC(C)N[C@H](C(=O)N[C@@H](CCCNC(N)=O)C(=O)Nc1ccc(COC(=O)C(C)C)cc1O[C@@H]1O[C@H](C(=O)NCC(=O)O)[C@@H](O)[C@H](O)[C@H]1O)C(C)C. The zero-order valence-electron chi connectivity index (χ0n) is 30.1. The molecular weight excluding hydrogens is 688 g/mol. The van der Waals surface area contributed by atoms with Crippen molar-refractivity contribution in [3.05, 3.63) is 23.8 Å². The molecule has 1 aliphatic rings. The molecule has 7 atom stereocenters. The largest absolute Gasteiger partial charge is 0.480 e. The Kier molecular flexibility index (Phi) is 17.2. The number of benzene rings is 1. The van der Waals surface area contributed by atoms with Crippen LogP contribution < -0.4 is 37.1 Å². The number of nitrogens with one attached hydrogen (secondary N) is 5. The van der Waals surface area contributed by atoms with E-state index in [4.69, 9.17) is 25.1 Å². The van der Waals surface area contributed by atoms with Crippen molar-refractivity contribution in [3.8, 4) is 5.75 Å². The Bertz CT molecular complexity index is 1410. The van der Waals surface area contributed by atoms with E-state index in [0.29, 0.717) is 5.56 Å². The summed E-state index contributed by atoms with van der Waals surface area (Å²) in [6, 6.07) is 1.60. The van der Waals surface area contributed by atoms with Crippen molar-refractivity contribution in [2.75, 3.05) is 18.4 Å². The van der Waals surface area contributed by atoms with Gasteiger partial charge in [0.15, 0.2) is 6.10 Å². The van der Waals surface area contributed by atoms with E-state index in [-0.39, 0.29) is 49.4 Å². The van der Waals surface area contributed by atoms with Gasteiger partial charge in [-0.1, -0.05) is 47.6 Å². The van der Waals surface area contributed by atoms with Gasteiger partial charge in [0.05, 0.1) is 17.6 Å². The topological polar surface area (TPSA) is 297 Å². The highest BCUT2D eigenvalue weighted by Gasteiger charge is 2.48. The standard InChI is InChI=1S/C33H52N6O13/c1-15(2)23(37-17(5)6)29(46)39-20(8-7-11-35-33(34)49)28(45)38-19-10-9-18(14-50-31(48)16(3)4)12-21(19)51-32-26(44)24(42)25(43)27(52-32)30(47)36-13-22(40)41/h9-10,12,15-17,20,23-27,32,37,42-44H,7-8,11,13-14H2,1-6H3,(H,36,47)(H,38,45)(H,39,46)(H,40,41)(H3,34,35,49)/t20-,23-,24-,25-,26+,27-,32+/m0/s1. The third-order valence-electron chi connectivity index (χ3n) is 7.71. The van der Waals surface area contributed by atoms with E-state index in [1.54, 1.807) is 13.8 Å². The molecule has 1 aliphatic heterocycles. The molecule has 0 aromatic heterocycles. The summed E-state index contributed by atoms with van der Waals surface area (Å²) in [7, 11) is 0. The predicted octanol–water partition coefficient (Wildman–Crippen LogP) is -1.33. The molecule has 11 N–H and O–H groups in total. The van der Waals surface area contributed by atoms with Crippen LogP contribution in [0, 0.1) is 11.8 Å². The first-order valence-corrected chi connectivity index (χ1v) is 16.9. The number of aliphatic hydroxyl groups is 3. The number of hydrogen-bond acceptors (Lipinski definition) is 13. The minimum absolute atomic E-state index is 0.0394. The number of amides is 5. The van der Waals surface area contributed by atoms with Crippen LogP contribution in [0.3, 0.4) is 0 Å². The van der Waals surface area contributed by atoms with Crippen LogP contribution in [0.2, 0.25) is 0 Å². The zero-order valence-corrected chi connectivity index (χ0v) is 30.1. The first-order chi connectivity index (χ1) is 24.3. The maximum atomic E-state index is 13.8. The lowest BCUT2D eigenvalue weighted by atomic mass is 9.98. The minimum Gasteiger partial charge on any atom is -0.480 e. The van der Waals surface area contributed by atoms with Crippen LogP contribution in [0.4, 0.5) is 10.5 Å². The Hall–Kier alpha value is -4.56. The minimum atomic E-state index is -1.99. The molecule has 5 amide bonds. The van der Waals surface area contributed by atoms with Gasteiger partial charge in [0.2, 0.25) is 18.1 Å². The molecule has 0 spiro atoms. The number of esters is 1. The van der Waals surface area contributed by atoms with Crippen LogP contribution in [0.25, 0.3) is 0 Å². The molecule has 0 aliphatic carbocycles. The molecule has 0 unspecified atom stereocenters. The van der Waals surface area contributed by atoms with E-state index in [1.165, 1.54) is 18.2 Å². The number of nitrogens with two attached hydrogens (primary N) is 1. The molecule has 0 saturated carbocycles. The van der Waals surface area contributed by atoms with Gasteiger partial charge in [0.25, 0.3) is 5.91 Å². The maximum absolute atomic E-state index is 13.8. The molecule has 2 rings (SSSR count). The summed E-state index contributed by atoms with van der Waals surface area (Å²) in [6.07, 6.45) is -9.35. The van der Waals surface area contributed by atoms with Crippen LogP contribution >= 0.6 is 0 Å². The Labute approximate surface area is 301 Å². The Balaban J connectivity index is 2.46. The molecule has 1 aromatic carbocycles. The van der Waals surface area contributed by atoms with E-state index < -0.39 is 90.9 Å². The van der Waals surface area contributed by atoms with Gasteiger partial charge in [0.1, 0.15) is 43.3 Å². The molecule has 1 saturated heterocycles. The van der Waals surface area contributed by atoms with Crippen LogP contribution in [0.15, 0.2) is 18.2 Å². The average Bonchev–Trinajstić information content (AvgIpc) is 3.06. The van der Waals surface area contributed by atoms with Gasteiger partial charge in [-0.15, -0.1) is 0 Å². The number of ether oxygens (including phenoxy) is 3. The third kappa shape index (κ3) is 13.5. The smallest absolute Gasteiger partial charge is 0.322 e. The Morgan fingerprint density at radius 1 is 0.923 bits per heavy atom. The van der Waals surface area contributed by atoms with Crippen molar-refractivity contribution in [2.24, 2.45) is 17.6 Å². The molecule has 292 valence electrons. The summed E-state index contributed by atoms with van der Waals surface area (Å²) in [5, 5.41) is 53.6. The first-order valence-electron chi connectivity index (χ1n) is 16.9. The van der Waals surface area contributed by atoms with Crippen molar-refractivity contribution in [2.45, 2.75) is 110 Å². The molecule has 1 heterocycles. The number of carboxylic acid groups (broad SMARTS) is 1. The lowest BCUT2D eigenvalue weighted by molar-refractivity contribution is -0.266. The molecular formula is C33H52N6O13. The monoisotopic (exact) mass is 740 g/mol. The molecule has 0 radical (unpaired) electrons. The number of rotatable bonds is 19. The predicted molar refractivity (Wildman–Crippen MR) is 183 cm³/mol. The fraction of sp³-hybridized carbons (Fsp3) is 0.636. The van der Waals surface area contributed by atoms with E-state index in [9.17, 15) is 44.1 Å². The summed E-state index contributed by atoms with van der Waals surface area (Å²) in [4.78, 5) is 74.1. The molecule has 52 heavy (non-hydrogen) atoms. The summed E-state index contributed by atoms with van der Waals surface area (Å²) in [5.41, 5.74) is 5.47. The number of primary amides is 1. The fourth-order valence-electron chi connectivity index (χ4n) is 4.93. The lowest BCUT2D eigenvalue weighted by Gasteiger charge is -2.39. The molecule has 19 heteroatoms. The lowest BCUT2D eigenvalue weighted by Crippen LogP contribution is -2.63. The Morgan fingerprint density at radius 3 is 2.17 bits per heavy atom. The number of hydrogen-bond donors (Lipinski definition) is 10. The van der Waals surface area contributed by atoms with Crippen molar-refractivity contribution < 1.29 is 63.4 Å². The number of carboxylic acids is 1. The van der Waals surface area contributed by atoms with Crippen LogP contribution in [0.1, 0.15) is 59.9 Å². The number of aliphatic hydroxyl groups excluding tert-OH is 3. The fourth-order valence-corrected chi connectivity index (χ4v) is 4.93. The third-order valence-corrected chi connectivity index (χ3v) is 7.71. The van der Waals surface area contributed by atoms with Crippen molar-refractivity contribution in [3.63, 3.8) is 0 Å². The highest BCUT2D eigenvalue weighted by Crippen LogP contribution is 2.31. The van der Waals surface area contributed by atoms with Gasteiger partial charge in [0, 0.05) is 12.6 Å². The number of anilines is 1. The van der Waals surface area contributed by atoms with Crippen LogP contribution in [-0.2, 0) is 40.1 Å².